The Kier molecular flexibility index (Phi) is 7.80. The van der Waals surface area contributed by atoms with Crippen molar-refractivity contribution in [3.63, 3.8) is 0 Å². The number of urea groups is 1. The molecule has 2 N–H and O–H groups in total. The lowest BCUT2D eigenvalue weighted by molar-refractivity contribution is -0.127. The molecule has 1 saturated heterocycles. The molecule has 0 bridgehead atoms. The molecule has 2 aromatic rings. The van der Waals surface area contributed by atoms with Crippen LogP contribution in [0.25, 0.3) is 0 Å². The van der Waals surface area contributed by atoms with Crippen LogP contribution in [0.5, 0.6) is 0 Å². The number of amidine groups is 1. The zero-order chi connectivity index (χ0) is 24.9. The first kappa shape index (κ1) is 24.9. The molecule has 2 aliphatic heterocycles. The van der Waals surface area contributed by atoms with Gasteiger partial charge in [-0.15, -0.1) is 0 Å². The summed E-state index contributed by atoms with van der Waals surface area (Å²) >= 11 is 1.75. The summed E-state index contributed by atoms with van der Waals surface area (Å²) in [6, 6.07) is 15.0. The van der Waals surface area contributed by atoms with Crippen molar-refractivity contribution >= 4 is 40.2 Å². The second kappa shape index (κ2) is 11.0. The van der Waals surface area contributed by atoms with Gasteiger partial charge >= 0.3 is 6.03 Å². The van der Waals surface area contributed by atoms with Gasteiger partial charge in [-0.2, -0.15) is 0 Å². The number of hydrogen-bond acceptors (Lipinski definition) is 5. The summed E-state index contributed by atoms with van der Waals surface area (Å²) in [7, 11) is 0. The number of allylic oxidation sites excluding steroid dienone is 1. The van der Waals surface area contributed by atoms with Crippen LogP contribution in [0.2, 0.25) is 0 Å². The summed E-state index contributed by atoms with van der Waals surface area (Å²) in [5, 5.41) is 6.74. The number of aryl methyl sites for hydroxylation is 1. The lowest BCUT2D eigenvalue weighted by atomic mass is 9.93. The van der Waals surface area contributed by atoms with E-state index in [0.717, 1.165) is 52.0 Å². The first-order chi connectivity index (χ1) is 16.9. The molecule has 0 radical (unpaired) electrons. The van der Waals surface area contributed by atoms with Crippen molar-refractivity contribution in [1.29, 1.82) is 0 Å². The molecule has 3 amide bonds. The maximum absolute atomic E-state index is 13.5. The quantitative estimate of drug-likeness (QED) is 0.549. The Morgan fingerprint density at radius 2 is 1.77 bits per heavy atom. The molecule has 1 fully saturated rings. The van der Waals surface area contributed by atoms with Crippen molar-refractivity contribution in [3.8, 4) is 0 Å². The molecule has 184 valence electrons. The fourth-order valence-corrected chi connectivity index (χ4v) is 5.55. The number of thioether (sulfide) groups is 1. The van der Waals surface area contributed by atoms with E-state index in [1.54, 1.807) is 11.8 Å². The third kappa shape index (κ3) is 5.53. The number of aliphatic imine (C=N–C) groups is 1. The highest BCUT2D eigenvalue weighted by Crippen LogP contribution is 2.40. The monoisotopic (exact) mass is 491 g/mol. The standard InChI is InChI=1S/C27H33N5O2S/c1-5-31(6-2)25(33)23-19(4)28-27-32(15-8-16-35-27)24(23)20-11-13-21(14-12-20)29-26(34)30-22-10-7-9-18(3)17-22/h7,9-14,17,24H,5-6,8,15-16H2,1-4H3,(H2,29,30,34). The first-order valence-electron chi connectivity index (χ1n) is 12.1. The van der Waals surface area contributed by atoms with E-state index in [2.05, 4.69) is 15.5 Å². The number of hydrogen-bond donors (Lipinski definition) is 2. The van der Waals surface area contributed by atoms with Gasteiger partial charge < -0.3 is 20.4 Å². The molecule has 0 aromatic heterocycles. The van der Waals surface area contributed by atoms with Gasteiger partial charge in [-0.1, -0.05) is 36.0 Å². The van der Waals surface area contributed by atoms with Gasteiger partial charge in [0.1, 0.15) is 0 Å². The lowest BCUT2D eigenvalue weighted by Crippen LogP contribution is -2.45. The van der Waals surface area contributed by atoms with Crippen LogP contribution >= 0.6 is 11.8 Å². The Balaban J connectivity index is 1.58. The van der Waals surface area contributed by atoms with Crippen LogP contribution < -0.4 is 10.6 Å². The highest BCUT2D eigenvalue weighted by molar-refractivity contribution is 8.13. The number of fused-ring (bicyclic) bond motifs is 1. The van der Waals surface area contributed by atoms with E-state index in [-0.39, 0.29) is 18.0 Å². The van der Waals surface area contributed by atoms with Crippen molar-refractivity contribution in [2.45, 2.75) is 40.2 Å². The van der Waals surface area contributed by atoms with Crippen LogP contribution in [-0.2, 0) is 4.79 Å². The highest BCUT2D eigenvalue weighted by Gasteiger charge is 2.38. The van der Waals surface area contributed by atoms with E-state index in [4.69, 9.17) is 4.99 Å². The lowest BCUT2D eigenvalue weighted by Gasteiger charge is -2.41. The number of rotatable bonds is 6. The summed E-state index contributed by atoms with van der Waals surface area (Å²) in [5.41, 5.74) is 5.05. The van der Waals surface area contributed by atoms with Gasteiger partial charge in [-0.25, -0.2) is 9.79 Å². The number of carbonyl (C=O) groups is 2. The predicted molar refractivity (Wildman–Crippen MR) is 145 cm³/mol. The Morgan fingerprint density at radius 1 is 1.06 bits per heavy atom. The topological polar surface area (TPSA) is 77.0 Å². The van der Waals surface area contributed by atoms with Crippen molar-refractivity contribution in [1.82, 2.24) is 9.80 Å². The molecule has 0 saturated carbocycles. The molecule has 0 aliphatic carbocycles. The predicted octanol–water partition coefficient (Wildman–Crippen LogP) is 5.63. The van der Waals surface area contributed by atoms with Crippen LogP contribution in [0.3, 0.4) is 0 Å². The minimum absolute atomic E-state index is 0.0376. The van der Waals surface area contributed by atoms with Crippen molar-refractivity contribution in [2.24, 2.45) is 4.99 Å². The second-order valence-corrected chi connectivity index (χ2v) is 9.80. The van der Waals surface area contributed by atoms with E-state index in [0.29, 0.717) is 18.8 Å². The molecule has 0 spiro atoms. The number of amides is 3. The number of carbonyl (C=O) groups excluding carboxylic acids is 2. The number of likely N-dealkylation sites (N-methyl/N-ethyl adjacent to an activating group) is 1. The number of nitrogens with zero attached hydrogens (tertiary/aromatic N) is 3. The third-order valence-corrected chi connectivity index (χ3v) is 7.38. The van der Waals surface area contributed by atoms with E-state index in [9.17, 15) is 9.59 Å². The fraction of sp³-hybridized carbons (Fsp3) is 0.370. The van der Waals surface area contributed by atoms with Gasteiger partial charge in [-0.3, -0.25) is 4.79 Å². The Morgan fingerprint density at radius 3 is 2.46 bits per heavy atom. The summed E-state index contributed by atoms with van der Waals surface area (Å²) < 4.78 is 0. The summed E-state index contributed by atoms with van der Waals surface area (Å²) in [4.78, 5) is 34.9. The molecule has 2 aromatic carbocycles. The third-order valence-electron chi connectivity index (χ3n) is 6.30. The summed E-state index contributed by atoms with van der Waals surface area (Å²) in [5.74, 6) is 1.07. The van der Waals surface area contributed by atoms with Gasteiger partial charge in [-0.05, 0) is 69.5 Å². The maximum atomic E-state index is 13.5. The average molecular weight is 492 g/mol. The molecule has 2 aliphatic rings. The van der Waals surface area contributed by atoms with Crippen molar-refractivity contribution < 1.29 is 9.59 Å². The molecular weight excluding hydrogens is 458 g/mol. The molecule has 8 heteroatoms. The zero-order valence-electron chi connectivity index (χ0n) is 20.8. The van der Waals surface area contributed by atoms with Crippen LogP contribution in [0.4, 0.5) is 16.2 Å². The molecule has 7 nitrogen and oxygen atoms in total. The highest BCUT2D eigenvalue weighted by atomic mass is 32.2. The summed E-state index contributed by atoms with van der Waals surface area (Å²) in [6.45, 7) is 10.1. The minimum atomic E-state index is -0.295. The summed E-state index contributed by atoms with van der Waals surface area (Å²) in [6.07, 6.45) is 1.05. The average Bonchev–Trinajstić information content (AvgIpc) is 2.84. The normalized spacial score (nSPS) is 17.4. The van der Waals surface area contributed by atoms with Gasteiger partial charge in [0, 0.05) is 36.8 Å². The molecule has 1 unspecified atom stereocenters. The number of anilines is 2. The van der Waals surface area contributed by atoms with Gasteiger partial charge in [0.05, 0.1) is 17.3 Å². The van der Waals surface area contributed by atoms with Crippen LogP contribution in [0, 0.1) is 6.92 Å². The van der Waals surface area contributed by atoms with Crippen molar-refractivity contribution in [3.05, 3.63) is 70.9 Å². The minimum Gasteiger partial charge on any atom is -0.340 e. The molecule has 35 heavy (non-hydrogen) atoms. The molecule has 2 heterocycles. The van der Waals surface area contributed by atoms with Crippen LogP contribution in [0.1, 0.15) is 44.4 Å². The van der Waals surface area contributed by atoms with E-state index in [1.807, 2.05) is 81.1 Å². The number of nitrogens with one attached hydrogen (secondary N) is 2. The largest absolute Gasteiger partial charge is 0.340 e. The zero-order valence-corrected chi connectivity index (χ0v) is 21.6. The van der Waals surface area contributed by atoms with E-state index in [1.165, 1.54) is 0 Å². The first-order valence-corrected chi connectivity index (χ1v) is 13.1. The van der Waals surface area contributed by atoms with E-state index >= 15 is 0 Å². The smallest absolute Gasteiger partial charge is 0.323 e. The SMILES string of the molecule is CCN(CC)C(=O)C1=C(C)N=C2SCCCN2C1c1ccc(NC(=O)Nc2cccc(C)c2)cc1. The van der Waals surface area contributed by atoms with Gasteiger partial charge in [0.25, 0.3) is 5.91 Å². The number of benzene rings is 2. The molecular formula is C27H33N5O2S. The maximum Gasteiger partial charge on any atom is 0.323 e. The van der Waals surface area contributed by atoms with Gasteiger partial charge in [0.2, 0.25) is 0 Å². The Labute approximate surface area is 211 Å². The molecule has 4 rings (SSSR count). The van der Waals surface area contributed by atoms with Crippen LogP contribution in [0.15, 0.2) is 64.8 Å². The molecule has 1 atom stereocenters. The second-order valence-electron chi connectivity index (χ2n) is 8.74. The Bertz CT molecular complexity index is 1150. The van der Waals surface area contributed by atoms with Crippen molar-refractivity contribution in [2.75, 3.05) is 36.0 Å². The van der Waals surface area contributed by atoms with Crippen LogP contribution in [-0.4, -0.2) is 52.3 Å². The van der Waals surface area contributed by atoms with Gasteiger partial charge in [0.15, 0.2) is 5.17 Å². The Hall–Kier alpha value is -3.26. The van der Waals surface area contributed by atoms with E-state index < -0.39 is 0 Å². The fourth-order valence-electron chi connectivity index (χ4n) is 4.53.